The highest BCUT2D eigenvalue weighted by molar-refractivity contribution is 8.17. The Morgan fingerprint density at radius 3 is 2.79 bits per heavy atom. The van der Waals surface area contributed by atoms with Crippen LogP contribution in [0.15, 0.2) is 45.2 Å². The monoisotopic (exact) mass is 436 g/mol. The average Bonchev–Trinajstić information content (AvgIpc) is 2.97. The quantitative estimate of drug-likeness (QED) is 0.671. The van der Waals surface area contributed by atoms with Gasteiger partial charge in [0.05, 0.1) is 23.9 Å². The van der Waals surface area contributed by atoms with E-state index in [1.165, 1.54) is 11.8 Å². The van der Waals surface area contributed by atoms with Crippen LogP contribution in [0.5, 0.6) is 0 Å². The molecule has 9 heteroatoms. The molecule has 28 heavy (non-hydrogen) atoms. The first kappa shape index (κ1) is 20.6. The van der Waals surface area contributed by atoms with Gasteiger partial charge in [0.1, 0.15) is 16.8 Å². The van der Waals surface area contributed by atoms with Gasteiger partial charge in [0, 0.05) is 10.0 Å². The van der Waals surface area contributed by atoms with Crippen molar-refractivity contribution in [1.82, 2.24) is 4.90 Å². The number of aliphatic imine (C=N–C) groups is 1. The number of carbonyl (C=O) groups excluding carboxylic acids is 1. The van der Waals surface area contributed by atoms with Crippen LogP contribution in [0.2, 0.25) is 10.0 Å². The molecule has 0 aromatic heterocycles. The molecule has 0 saturated carbocycles. The number of ether oxygens (including phenoxy) is 1. The topological polar surface area (TPSA) is 91.7 Å². The summed E-state index contributed by atoms with van der Waals surface area (Å²) in [5.74, 6) is -0.243. The highest BCUT2D eigenvalue weighted by atomic mass is 35.5. The number of nitrogens with zero attached hydrogens (tertiary/aromatic N) is 3. The van der Waals surface area contributed by atoms with Crippen molar-refractivity contribution in [1.29, 1.82) is 5.26 Å². The summed E-state index contributed by atoms with van der Waals surface area (Å²) in [5.41, 5.74) is 7.87. The molecular weight excluding hydrogens is 419 g/mol. The first-order valence-corrected chi connectivity index (χ1v) is 10.3. The summed E-state index contributed by atoms with van der Waals surface area (Å²) in [4.78, 5) is 19.5. The third-order valence-corrected chi connectivity index (χ3v) is 5.84. The van der Waals surface area contributed by atoms with Crippen molar-refractivity contribution < 1.29 is 9.53 Å². The number of amidine groups is 1. The molecule has 146 valence electrons. The fraction of sp³-hybridized carbons (Fsp3) is 0.316. The Morgan fingerprint density at radius 1 is 1.43 bits per heavy atom. The molecule has 0 bridgehead atoms. The van der Waals surface area contributed by atoms with E-state index in [2.05, 4.69) is 11.1 Å². The summed E-state index contributed by atoms with van der Waals surface area (Å²) >= 11 is 13.7. The molecule has 2 heterocycles. The number of fused-ring (bicyclic) bond motifs is 1. The summed E-state index contributed by atoms with van der Waals surface area (Å²) in [6.07, 6.45) is 1.37. The van der Waals surface area contributed by atoms with E-state index in [1.54, 1.807) is 30.0 Å². The van der Waals surface area contributed by atoms with Crippen LogP contribution in [-0.4, -0.2) is 22.6 Å². The Morgan fingerprint density at radius 2 is 2.18 bits per heavy atom. The lowest BCUT2D eigenvalue weighted by molar-refractivity contribution is -0.139. The number of allylic oxidation sites excluding steroid dienone is 2. The van der Waals surface area contributed by atoms with E-state index in [9.17, 15) is 10.1 Å². The molecule has 2 N–H and O–H groups in total. The number of halogens is 2. The zero-order valence-electron chi connectivity index (χ0n) is 15.3. The van der Waals surface area contributed by atoms with Gasteiger partial charge < -0.3 is 10.5 Å². The average molecular weight is 437 g/mol. The van der Waals surface area contributed by atoms with Crippen LogP contribution in [0.1, 0.15) is 38.3 Å². The number of carbonyl (C=O) groups is 1. The van der Waals surface area contributed by atoms with Gasteiger partial charge in [-0.1, -0.05) is 42.6 Å². The van der Waals surface area contributed by atoms with Crippen molar-refractivity contribution in [2.24, 2.45) is 10.7 Å². The van der Waals surface area contributed by atoms with Crippen LogP contribution in [0, 0.1) is 11.3 Å². The second kappa shape index (κ2) is 8.48. The van der Waals surface area contributed by atoms with E-state index in [0.29, 0.717) is 43.4 Å². The standard InChI is InChI=1S/C19H18Cl2N4O2S/c1-3-5-13-15(18(26)27-4-2)16(11-7-6-10(20)8-12(11)21)25-17(23)14(9-22)28-19(25)24-13/h6-8,16H,3-5,23H2,1-2H3/t16-/m0/s1. The summed E-state index contributed by atoms with van der Waals surface area (Å²) < 4.78 is 5.32. The van der Waals surface area contributed by atoms with E-state index >= 15 is 0 Å². The van der Waals surface area contributed by atoms with Crippen molar-refractivity contribution in [3.05, 3.63) is 55.8 Å². The molecule has 1 aromatic carbocycles. The lowest BCUT2D eigenvalue weighted by Gasteiger charge is -2.35. The van der Waals surface area contributed by atoms with E-state index in [4.69, 9.17) is 33.7 Å². The molecule has 0 fully saturated rings. The smallest absolute Gasteiger partial charge is 0.338 e. The second-order valence-corrected chi connectivity index (χ2v) is 7.91. The first-order valence-electron chi connectivity index (χ1n) is 8.73. The van der Waals surface area contributed by atoms with Gasteiger partial charge in [0.2, 0.25) is 0 Å². The van der Waals surface area contributed by atoms with Crippen molar-refractivity contribution in [2.45, 2.75) is 32.7 Å². The van der Waals surface area contributed by atoms with Gasteiger partial charge in [0.15, 0.2) is 5.17 Å². The van der Waals surface area contributed by atoms with Crippen molar-refractivity contribution in [2.75, 3.05) is 6.61 Å². The molecule has 0 radical (unpaired) electrons. The third kappa shape index (κ3) is 3.60. The number of thioether (sulfide) groups is 1. The maximum absolute atomic E-state index is 12.9. The Labute approximate surface area is 177 Å². The van der Waals surface area contributed by atoms with Crippen LogP contribution in [0.25, 0.3) is 0 Å². The number of nitriles is 1. The normalized spacial score (nSPS) is 18.8. The van der Waals surface area contributed by atoms with Gasteiger partial charge in [0.25, 0.3) is 0 Å². The second-order valence-electron chi connectivity index (χ2n) is 6.09. The third-order valence-electron chi connectivity index (χ3n) is 4.31. The molecule has 1 atom stereocenters. The molecule has 1 aromatic rings. The zero-order chi connectivity index (χ0) is 20.4. The van der Waals surface area contributed by atoms with E-state index in [-0.39, 0.29) is 12.4 Å². The number of hydrogen-bond donors (Lipinski definition) is 1. The minimum atomic E-state index is -0.656. The summed E-state index contributed by atoms with van der Waals surface area (Å²) in [5, 5.41) is 10.8. The molecule has 2 aliphatic rings. The van der Waals surface area contributed by atoms with Gasteiger partial charge >= 0.3 is 5.97 Å². The molecule has 6 nitrogen and oxygen atoms in total. The molecule has 0 aliphatic carbocycles. The SMILES string of the molecule is CCCC1=C(C(=O)OCC)[C@H](c2ccc(Cl)cc2Cl)N2C(=N1)SC(C#N)=C2N. The zero-order valence-corrected chi connectivity index (χ0v) is 17.7. The van der Waals surface area contributed by atoms with Crippen LogP contribution >= 0.6 is 35.0 Å². The van der Waals surface area contributed by atoms with Gasteiger partial charge in [-0.3, -0.25) is 4.90 Å². The van der Waals surface area contributed by atoms with E-state index in [0.717, 1.165) is 6.42 Å². The first-order chi connectivity index (χ1) is 13.4. The van der Waals surface area contributed by atoms with Gasteiger partial charge in [-0.15, -0.1) is 0 Å². The molecule has 0 spiro atoms. The Bertz CT molecular complexity index is 965. The number of nitrogens with two attached hydrogens (primary N) is 1. The maximum atomic E-state index is 12.9. The van der Waals surface area contributed by atoms with Crippen LogP contribution in [-0.2, 0) is 9.53 Å². The minimum absolute atomic E-state index is 0.225. The van der Waals surface area contributed by atoms with Gasteiger partial charge in [-0.2, -0.15) is 5.26 Å². The molecule has 3 rings (SSSR count). The predicted octanol–water partition coefficient (Wildman–Crippen LogP) is 4.72. The van der Waals surface area contributed by atoms with Crippen molar-refractivity contribution >= 4 is 46.1 Å². The number of rotatable bonds is 5. The summed E-state index contributed by atoms with van der Waals surface area (Å²) in [6.45, 7) is 3.97. The highest BCUT2D eigenvalue weighted by Gasteiger charge is 2.43. The minimum Gasteiger partial charge on any atom is -0.463 e. The molecular formula is C19H18Cl2N4O2S. The van der Waals surface area contributed by atoms with Gasteiger partial charge in [-0.05, 0) is 42.8 Å². The molecule has 0 unspecified atom stereocenters. The van der Waals surface area contributed by atoms with Crippen LogP contribution in [0.3, 0.4) is 0 Å². The van der Waals surface area contributed by atoms with E-state index in [1.807, 2.05) is 6.92 Å². The van der Waals surface area contributed by atoms with Crippen molar-refractivity contribution in [3.63, 3.8) is 0 Å². The van der Waals surface area contributed by atoms with Crippen molar-refractivity contribution in [3.8, 4) is 6.07 Å². The Hall–Kier alpha value is -2.14. The van der Waals surface area contributed by atoms with Crippen LogP contribution in [0.4, 0.5) is 0 Å². The molecule has 0 saturated heterocycles. The number of esters is 1. The molecule has 2 aliphatic heterocycles. The Balaban J connectivity index is 2.26. The Kier molecular flexibility index (Phi) is 6.23. The highest BCUT2D eigenvalue weighted by Crippen LogP contribution is 2.47. The lowest BCUT2D eigenvalue weighted by atomic mass is 9.93. The number of hydrogen-bond acceptors (Lipinski definition) is 7. The fourth-order valence-corrected chi connectivity index (χ4v) is 4.56. The maximum Gasteiger partial charge on any atom is 0.338 e. The van der Waals surface area contributed by atoms with E-state index < -0.39 is 12.0 Å². The fourth-order valence-electron chi connectivity index (χ4n) is 3.16. The number of benzene rings is 1. The molecule has 0 amide bonds. The summed E-state index contributed by atoms with van der Waals surface area (Å²) in [7, 11) is 0. The largest absolute Gasteiger partial charge is 0.463 e. The summed E-state index contributed by atoms with van der Waals surface area (Å²) in [6, 6.07) is 6.50. The predicted molar refractivity (Wildman–Crippen MR) is 111 cm³/mol. The van der Waals surface area contributed by atoms with Crippen LogP contribution < -0.4 is 5.73 Å². The van der Waals surface area contributed by atoms with Gasteiger partial charge in [-0.25, -0.2) is 9.79 Å². The lowest BCUT2D eigenvalue weighted by Crippen LogP contribution is -2.39.